The number of thioether (sulfide) groups is 2. The maximum atomic E-state index is 12.9. The summed E-state index contributed by atoms with van der Waals surface area (Å²) in [6, 6.07) is 2.84. The predicted molar refractivity (Wildman–Crippen MR) is 146 cm³/mol. The van der Waals surface area contributed by atoms with Crippen LogP contribution in [0.2, 0.25) is 0 Å². The molecule has 0 aromatic carbocycles. The Morgan fingerprint density at radius 1 is 1.21 bits per heavy atom. The summed E-state index contributed by atoms with van der Waals surface area (Å²) in [5.74, 6) is -1.10. The summed E-state index contributed by atoms with van der Waals surface area (Å²) in [7, 11) is 0. The van der Waals surface area contributed by atoms with Crippen LogP contribution in [-0.2, 0) is 32.1 Å². The van der Waals surface area contributed by atoms with Gasteiger partial charge in [-0.3, -0.25) is 14.5 Å². The number of ether oxygens (including phenoxy) is 1. The minimum Gasteiger partial charge on any atom is -0.477 e. The number of fused-ring (bicyclic) bond motifs is 1. The lowest BCUT2D eigenvalue weighted by atomic mass is 10.0. The molecule has 15 heteroatoms. The second-order valence-corrected chi connectivity index (χ2v) is 14.3. The number of β-lactam (4-membered cyclic amide) rings is 1. The highest BCUT2D eigenvalue weighted by Gasteiger charge is 2.54. The Bertz CT molecular complexity index is 1280. The van der Waals surface area contributed by atoms with Gasteiger partial charge in [0.05, 0.1) is 13.0 Å². The fourth-order valence-electron chi connectivity index (χ4n) is 3.75. The SMILES string of the molecule is Cc1nnc(SCC2=C(C(=O)O)N3C(=O)[C@@H](NC(=O)Cc4ccc(CNC(=O)OC(C)(C)C)s4)[C@H]3SC2)s1. The Morgan fingerprint density at radius 2 is 1.95 bits per heavy atom. The lowest BCUT2D eigenvalue weighted by Gasteiger charge is -2.49. The van der Waals surface area contributed by atoms with Crippen molar-refractivity contribution in [2.75, 3.05) is 11.5 Å². The molecule has 2 atom stereocenters. The lowest BCUT2D eigenvalue weighted by molar-refractivity contribution is -0.150. The van der Waals surface area contributed by atoms with E-state index in [9.17, 15) is 24.3 Å². The number of hydrogen-bond acceptors (Lipinski definition) is 11. The third-order valence-electron chi connectivity index (χ3n) is 5.30. The van der Waals surface area contributed by atoms with Gasteiger partial charge in [-0.15, -0.1) is 33.3 Å². The van der Waals surface area contributed by atoms with Gasteiger partial charge in [0.15, 0.2) is 4.34 Å². The molecule has 4 rings (SSSR count). The second kappa shape index (κ2) is 11.6. The van der Waals surface area contributed by atoms with Gasteiger partial charge in [0.2, 0.25) is 5.91 Å². The fraction of sp³-hybridized carbons (Fsp3) is 0.478. The van der Waals surface area contributed by atoms with Crippen LogP contribution in [0.3, 0.4) is 0 Å². The number of rotatable bonds is 9. The molecule has 3 N–H and O–H groups in total. The number of aromatic nitrogens is 2. The number of nitrogens with one attached hydrogen (secondary N) is 2. The van der Waals surface area contributed by atoms with E-state index in [1.165, 1.54) is 51.1 Å². The van der Waals surface area contributed by atoms with E-state index < -0.39 is 35.0 Å². The van der Waals surface area contributed by atoms with Crippen molar-refractivity contribution in [2.24, 2.45) is 0 Å². The zero-order valence-electron chi connectivity index (χ0n) is 21.1. The van der Waals surface area contributed by atoms with Crippen molar-refractivity contribution in [2.45, 2.75) is 62.0 Å². The summed E-state index contributed by atoms with van der Waals surface area (Å²) in [5, 5.41) is 23.6. The molecule has 0 unspecified atom stereocenters. The average molecular weight is 598 g/mol. The number of carbonyl (C=O) groups is 4. The van der Waals surface area contributed by atoms with Crippen molar-refractivity contribution in [3.63, 3.8) is 0 Å². The van der Waals surface area contributed by atoms with Crippen LogP contribution < -0.4 is 10.6 Å². The maximum Gasteiger partial charge on any atom is 0.407 e. The zero-order chi connectivity index (χ0) is 27.6. The van der Waals surface area contributed by atoms with Crippen LogP contribution in [0, 0.1) is 6.92 Å². The molecule has 2 aromatic heterocycles. The number of carbonyl (C=O) groups excluding carboxylic acids is 3. The average Bonchev–Trinajstić information content (AvgIpc) is 3.46. The molecule has 1 saturated heterocycles. The number of carboxylic acids is 1. The highest BCUT2D eigenvalue weighted by Crippen LogP contribution is 2.41. The van der Waals surface area contributed by atoms with E-state index in [1.54, 1.807) is 26.8 Å². The molecule has 11 nitrogen and oxygen atoms in total. The van der Waals surface area contributed by atoms with Gasteiger partial charge < -0.3 is 20.5 Å². The lowest BCUT2D eigenvalue weighted by Crippen LogP contribution is -2.70. The molecule has 204 valence electrons. The minimum absolute atomic E-state index is 0.0154. The van der Waals surface area contributed by atoms with Gasteiger partial charge >= 0.3 is 12.1 Å². The Hall–Kier alpha value is -2.62. The molecule has 0 spiro atoms. The largest absolute Gasteiger partial charge is 0.477 e. The Morgan fingerprint density at radius 3 is 2.61 bits per heavy atom. The zero-order valence-corrected chi connectivity index (χ0v) is 24.4. The Labute approximate surface area is 235 Å². The van der Waals surface area contributed by atoms with E-state index in [2.05, 4.69) is 20.8 Å². The first-order valence-electron chi connectivity index (χ1n) is 11.6. The van der Waals surface area contributed by atoms with Gasteiger partial charge in [0, 0.05) is 21.3 Å². The van der Waals surface area contributed by atoms with E-state index in [-0.39, 0.29) is 24.6 Å². The van der Waals surface area contributed by atoms with Gasteiger partial charge in [0.25, 0.3) is 5.91 Å². The van der Waals surface area contributed by atoms with Gasteiger partial charge in [-0.1, -0.05) is 23.1 Å². The molecule has 2 aromatic rings. The molecule has 2 aliphatic heterocycles. The molecule has 0 saturated carbocycles. The third-order valence-corrected chi connectivity index (χ3v) is 9.78. The normalized spacial score (nSPS) is 19.1. The quantitative estimate of drug-likeness (QED) is 0.291. The first-order valence-corrected chi connectivity index (χ1v) is 15.2. The molecule has 4 heterocycles. The van der Waals surface area contributed by atoms with Crippen molar-refractivity contribution >= 4 is 70.1 Å². The number of aliphatic carboxylic acids is 1. The second-order valence-electron chi connectivity index (χ2n) is 9.49. The first kappa shape index (κ1) is 28.4. The number of hydrogen-bond donors (Lipinski definition) is 3. The fourth-order valence-corrected chi connectivity index (χ4v) is 8.01. The minimum atomic E-state index is -1.16. The van der Waals surface area contributed by atoms with Gasteiger partial charge in [-0.2, -0.15) is 0 Å². The number of alkyl carbamates (subject to hydrolysis) is 1. The van der Waals surface area contributed by atoms with E-state index in [1.807, 2.05) is 13.0 Å². The molecule has 1 fully saturated rings. The van der Waals surface area contributed by atoms with Crippen LogP contribution in [0.1, 0.15) is 35.5 Å². The number of nitrogens with zero attached hydrogens (tertiary/aromatic N) is 3. The highest BCUT2D eigenvalue weighted by molar-refractivity contribution is 8.01. The molecule has 0 aliphatic carbocycles. The Kier molecular flexibility index (Phi) is 8.69. The van der Waals surface area contributed by atoms with Gasteiger partial charge in [0.1, 0.15) is 27.7 Å². The smallest absolute Gasteiger partial charge is 0.407 e. The molecule has 38 heavy (non-hydrogen) atoms. The number of aryl methyl sites for hydroxylation is 1. The summed E-state index contributed by atoms with van der Waals surface area (Å²) in [6.07, 6.45) is -0.446. The molecule has 2 aliphatic rings. The molecular formula is C23H27N5O6S4. The summed E-state index contributed by atoms with van der Waals surface area (Å²) in [4.78, 5) is 52.4. The van der Waals surface area contributed by atoms with Crippen molar-refractivity contribution in [1.82, 2.24) is 25.7 Å². The number of carboxylic acid groups (broad SMARTS) is 1. The van der Waals surface area contributed by atoms with Crippen molar-refractivity contribution in [3.05, 3.63) is 38.2 Å². The predicted octanol–water partition coefficient (Wildman–Crippen LogP) is 3.01. The van der Waals surface area contributed by atoms with Gasteiger partial charge in [-0.05, 0) is 45.4 Å². The van der Waals surface area contributed by atoms with Crippen LogP contribution in [0.25, 0.3) is 0 Å². The van der Waals surface area contributed by atoms with Crippen LogP contribution in [-0.4, -0.2) is 72.6 Å². The van der Waals surface area contributed by atoms with Crippen molar-refractivity contribution in [1.29, 1.82) is 0 Å². The van der Waals surface area contributed by atoms with E-state index >= 15 is 0 Å². The molecule has 3 amide bonds. The van der Waals surface area contributed by atoms with Crippen LogP contribution in [0.4, 0.5) is 4.79 Å². The van der Waals surface area contributed by atoms with Gasteiger partial charge in [-0.25, -0.2) is 9.59 Å². The number of amides is 3. The van der Waals surface area contributed by atoms with Crippen molar-refractivity contribution < 1.29 is 29.0 Å². The molecular weight excluding hydrogens is 571 g/mol. The van der Waals surface area contributed by atoms with E-state index in [0.717, 1.165) is 19.1 Å². The summed E-state index contributed by atoms with van der Waals surface area (Å²) < 4.78 is 5.96. The highest BCUT2D eigenvalue weighted by atomic mass is 32.2. The maximum absolute atomic E-state index is 12.9. The molecule has 0 radical (unpaired) electrons. The third kappa shape index (κ3) is 6.87. The monoisotopic (exact) mass is 597 g/mol. The number of thiophene rings is 1. The summed E-state index contributed by atoms with van der Waals surface area (Å²) in [6.45, 7) is 7.47. The Balaban J connectivity index is 1.31. The van der Waals surface area contributed by atoms with Crippen LogP contribution in [0.5, 0.6) is 0 Å². The first-order chi connectivity index (χ1) is 17.9. The van der Waals surface area contributed by atoms with Crippen LogP contribution in [0.15, 0.2) is 27.7 Å². The summed E-state index contributed by atoms with van der Waals surface area (Å²) >= 11 is 5.64. The van der Waals surface area contributed by atoms with Crippen molar-refractivity contribution in [3.8, 4) is 0 Å². The van der Waals surface area contributed by atoms with Crippen LogP contribution >= 0.6 is 46.2 Å². The summed E-state index contributed by atoms with van der Waals surface area (Å²) in [5.41, 5.74) is 0.0350. The molecule has 0 bridgehead atoms. The standard InChI is InChI=1S/C23H27N5O6S4/c1-11-26-27-22(37-11)36-10-12-9-35-19-16(18(30)28(19)17(12)20(31)32)25-15(29)7-13-5-6-14(38-13)8-24-21(33)34-23(2,3)4/h5-6,16,19H,7-10H2,1-4H3,(H,24,33)(H,25,29)(H,31,32)/t16-,19-/m1/s1. The topological polar surface area (TPSA) is 151 Å². The van der Waals surface area contributed by atoms with E-state index in [4.69, 9.17) is 4.74 Å². The van der Waals surface area contributed by atoms with E-state index in [0.29, 0.717) is 17.1 Å².